The maximum Gasteiger partial charge on any atom is 0.341 e. The summed E-state index contributed by atoms with van der Waals surface area (Å²) >= 11 is 4.88. The Balaban J connectivity index is 1.85. The largest absolute Gasteiger partial charge is 0.493 e. The number of halogens is 1. The van der Waals surface area contributed by atoms with Crippen molar-refractivity contribution < 1.29 is 24.2 Å². The predicted octanol–water partition coefficient (Wildman–Crippen LogP) is 1.82. The Bertz CT molecular complexity index is 1250. The second-order valence-electron chi connectivity index (χ2n) is 6.74. The van der Waals surface area contributed by atoms with Crippen molar-refractivity contribution in [1.29, 1.82) is 0 Å². The molecule has 2 aromatic rings. The van der Waals surface area contributed by atoms with Gasteiger partial charge in [-0.05, 0) is 36.1 Å². The summed E-state index contributed by atoms with van der Waals surface area (Å²) in [5.41, 5.74) is 1.10. The topological polar surface area (TPSA) is 113 Å². The zero-order chi connectivity index (χ0) is 22.8. The summed E-state index contributed by atoms with van der Waals surface area (Å²) in [5, 5.41) is 19.8. The van der Waals surface area contributed by atoms with Gasteiger partial charge in [-0.25, -0.2) is 9.80 Å². The van der Waals surface area contributed by atoms with Crippen molar-refractivity contribution in [1.82, 2.24) is 10.3 Å². The van der Waals surface area contributed by atoms with Gasteiger partial charge in [0, 0.05) is 15.3 Å². The van der Waals surface area contributed by atoms with Gasteiger partial charge in [-0.2, -0.15) is 0 Å². The third-order valence-electron chi connectivity index (χ3n) is 4.69. The second-order valence-corrected chi connectivity index (χ2v) is 8.91. The van der Waals surface area contributed by atoms with E-state index >= 15 is 0 Å². The highest BCUT2D eigenvalue weighted by molar-refractivity contribution is 9.10. The lowest BCUT2D eigenvalue weighted by molar-refractivity contribution is -0.139. The molecule has 32 heavy (non-hydrogen) atoms. The van der Waals surface area contributed by atoms with Gasteiger partial charge in [0.2, 0.25) is 0 Å². The Morgan fingerprint density at radius 3 is 2.81 bits per heavy atom. The first-order valence-electron chi connectivity index (χ1n) is 9.63. The Kier molecular flexibility index (Phi) is 6.38. The van der Waals surface area contributed by atoms with Crippen molar-refractivity contribution in [3.05, 3.63) is 57.0 Å². The van der Waals surface area contributed by atoms with E-state index in [1.54, 1.807) is 23.2 Å². The average molecular weight is 519 g/mol. The summed E-state index contributed by atoms with van der Waals surface area (Å²) in [6.45, 7) is 1.49. The van der Waals surface area contributed by atoms with Crippen molar-refractivity contribution in [2.24, 2.45) is 10.1 Å². The molecule has 9 nitrogen and oxygen atoms in total. The number of amidine groups is 1. The molecule has 0 fully saturated rings. The molecular formula is C21H19BrN4O5S. The highest BCUT2D eigenvalue weighted by atomic mass is 79.9. The van der Waals surface area contributed by atoms with Crippen molar-refractivity contribution in [2.45, 2.75) is 13.1 Å². The van der Waals surface area contributed by atoms with E-state index in [0.717, 1.165) is 10.2 Å². The number of nitrogens with zero attached hydrogens (tertiary/aromatic N) is 3. The molecule has 2 N–H and O–H groups in total. The molecule has 0 saturated carbocycles. The van der Waals surface area contributed by atoms with Crippen molar-refractivity contribution in [3.8, 4) is 11.5 Å². The number of hydrogen-bond acceptors (Lipinski definition) is 8. The number of hydrazone groups is 1. The van der Waals surface area contributed by atoms with Crippen LogP contribution < -0.4 is 25.4 Å². The van der Waals surface area contributed by atoms with Crippen LogP contribution in [0.5, 0.6) is 11.5 Å². The number of carbonyl (C=O) groups is 2. The highest BCUT2D eigenvalue weighted by Crippen LogP contribution is 2.36. The minimum absolute atomic E-state index is 0.261. The fourth-order valence-electron chi connectivity index (χ4n) is 3.37. The van der Waals surface area contributed by atoms with E-state index < -0.39 is 18.7 Å². The molecule has 0 saturated heterocycles. The van der Waals surface area contributed by atoms with Crippen LogP contribution in [0.25, 0.3) is 5.70 Å². The highest BCUT2D eigenvalue weighted by Gasteiger charge is 2.34. The number of fused-ring (bicyclic) bond motifs is 2. The van der Waals surface area contributed by atoms with Crippen molar-refractivity contribution in [2.75, 3.05) is 19.5 Å². The van der Waals surface area contributed by atoms with Crippen LogP contribution in [0.1, 0.15) is 18.7 Å². The number of hydrogen-bond donors (Lipinski definition) is 2. The molecule has 0 aliphatic carbocycles. The molecule has 0 aromatic heterocycles. The molecule has 0 spiro atoms. The second kappa shape index (κ2) is 9.21. The number of aliphatic carboxylic acids is 1. The number of ether oxygens (including phenoxy) is 2. The van der Waals surface area contributed by atoms with E-state index in [-0.39, 0.29) is 5.91 Å². The fraction of sp³-hybridized carbons (Fsp3) is 0.238. The number of carbonyl (C=O) groups excluding carboxylic acids is 1. The molecule has 2 heterocycles. The summed E-state index contributed by atoms with van der Waals surface area (Å²) in [6.07, 6.45) is -0.625. The van der Waals surface area contributed by atoms with E-state index in [0.29, 0.717) is 38.5 Å². The van der Waals surface area contributed by atoms with Gasteiger partial charge < -0.3 is 14.6 Å². The quantitative estimate of drug-likeness (QED) is 0.599. The van der Waals surface area contributed by atoms with Crippen LogP contribution in [-0.4, -0.2) is 46.6 Å². The number of thioether (sulfide) groups is 1. The van der Waals surface area contributed by atoms with Crippen molar-refractivity contribution >= 4 is 50.4 Å². The van der Waals surface area contributed by atoms with Crippen LogP contribution in [0, 0.1) is 0 Å². The zero-order valence-corrected chi connectivity index (χ0v) is 19.6. The van der Waals surface area contributed by atoms with Gasteiger partial charge in [0.1, 0.15) is 5.70 Å². The maximum absolute atomic E-state index is 13.0. The Morgan fingerprint density at radius 1 is 1.28 bits per heavy atom. The molecule has 0 radical (unpaired) electrons. The van der Waals surface area contributed by atoms with Gasteiger partial charge in [-0.15, -0.1) is 5.10 Å². The average Bonchev–Trinajstić information content (AvgIpc) is 2.77. The van der Waals surface area contributed by atoms with E-state index in [1.807, 2.05) is 25.1 Å². The molecule has 1 atom stereocenters. The summed E-state index contributed by atoms with van der Waals surface area (Å²) in [5.74, 6) is 0.0507. The van der Waals surface area contributed by atoms with Crippen LogP contribution in [0.2, 0.25) is 0 Å². The monoisotopic (exact) mass is 518 g/mol. The SMILES string of the molecule is CCSC1=NN2C(=c3cc(Br)ccc3=NC2c2ccc(OCC(=O)O)c(OC)c2)C(=O)N1. The van der Waals surface area contributed by atoms with Gasteiger partial charge in [0.15, 0.2) is 29.4 Å². The first-order valence-corrected chi connectivity index (χ1v) is 11.4. The first-order chi connectivity index (χ1) is 15.4. The third kappa shape index (κ3) is 4.30. The number of benzene rings is 2. The smallest absolute Gasteiger partial charge is 0.341 e. The van der Waals surface area contributed by atoms with Gasteiger partial charge in [0.25, 0.3) is 5.91 Å². The number of carboxylic acids is 1. The summed E-state index contributed by atoms with van der Waals surface area (Å²) in [4.78, 5) is 28.7. The van der Waals surface area contributed by atoms with Crippen molar-refractivity contribution in [3.63, 3.8) is 0 Å². The lowest BCUT2D eigenvalue weighted by atomic mass is 10.1. The predicted molar refractivity (Wildman–Crippen MR) is 123 cm³/mol. The van der Waals surface area contributed by atoms with Crippen LogP contribution in [0.4, 0.5) is 0 Å². The van der Waals surface area contributed by atoms with E-state index in [4.69, 9.17) is 19.6 Å². The summed E-state index contributed by atoms with van der Waals surface area (Å²) in [6, 6.07) is 10.6. The normalized spacial score (nSPS) is 16.9. The Morgan fingerprint density at radius 2 is 2.09 bits per heavy atom. The molecule has 166 valence electrons. The van der Waals surface area contributed by atoms with Crippen LogP contribution in [0.3, 0.4) is 0 Å². The fourth-order valence-corrected chi connectivity index (χ4v) is 4.32. The lowest BCUT2D eigenvalue weighted by Gasteiger charge is -2.34. The molecule has 2 aromatic carbocycles. The lowest BCUT2D eigenvalue weighted by Crippen LogP contribution is -2.50. The van der Waals surface area contributed by atoms with E-state index in [1.165, 1.54) is 18.9 Å². The number of carboxylic acid groups (broad SMARTS) is 1. The minimum Gasteiger partial charge on any atom is -0.493 e. The maximum atomic E-state index is 13.0. The molecule has 2 aliphatic heterocycles. The first kappa shape index (κ1) is 22.2. The summed E-state index contributed by atoms with van der Waals surface area (Å²) in [7, 11) is 1.47. The molecule has 1 unspecified atom stereocenters. The number of nitrogens with one attached hydrogen (secondary N) is 1. The molecule has 2 aliphatic rings. The van der Waals surface area contributed by atoms with Gasteiger partial charge in [-0.1, -0.05) is 40.7 Å². The molecule has 0 bridgehead atoms. The van der Waals surface area contributed by atoms with Crippen LogP contribution in [-0.2, 0) is 9.59 Å². The van der Waals surface area contributed by atoms with Gasteiger partial charge >= 0.3 is 5.97 Å². The van der Waals surface area contributed by atoms with Crippen LogP contribution in [0.15, 0.2) is 51.0 Å². The number of methoxy groups -OCH3 is 1. The summed E-state index contributed by atoms with van der Waals surface area (Å²) < 4.78 is 11.5. The third-order valence-corrected chi connectivity index (χ3v) is 5.93. The zero-order valence-electron chi connectivity index (χ0n) is 17.2. The number of amides is 1. The molecule has 4 rings (SSSR count). The van der Waals surface area contributed by atoms with E-state index in [9.17, 15) is 9.59 Å². The molecule has 11 heteroatoms. The molecular weight excluding hydrogens is 500 g/mol. The van der Waals surface area contributed by atoms with Gasteiger partial charge in [0.05, 0.1) is 12.5 Å². The van der Waals surface area contributed by atoms with Gasteiger partial charge in [-0.3, -0.25) is 15.1 Å². The standard InChI is InChI=1S/C21H19BrN4O5S/c1-3-32-21-24-20(29)18-13-9-12(22)5-6-14(13)23-19(26(18)25-21)11-4-7-15(16(8-11)30-2)31-10-17(27)28/h4-9,19H,3,10H2,1-2H3,(H,27,28)(H,24,25,29). The van der Waals surface area contributed by atoms with E-state index in [2.05, 4.69) is 26.3 Å². The minimum atomic E-state index is -1.09. The molecule has 1 amide bonds. The number of rotatable bonds is 6. The van der Waals surface area contributed by atoms with Crippen LogP contribution >= 0.6 is 27.7 Å². The Hall–Kier alpha value is -3.05. The Labute approximate surface area is 195 Å².